The van der Waals surface area contributed by atoms with E-state index in [1.807, 2.05) is 0 Å². The number of Topliss-reactive ketones (excluding diaryl/α,β-unsaturated/α-hetero) is 1. The lowest BCUT2D eigenvalue weighted by molar-refractivity contribution is -0.118. The molecule has 1 fully saturated rings. The van der Waals surface area contributed by atoms with Crippen LogP contribution in [0.1, 0.15) is 10.4 Å². The number of carbonyl (C=O) groups excluding carboxylic acids is 2. The van der Waals surface area contributed by atoms with Crippen LogP contribution in [-0.4, -0.2) is 44.2 Å². The van der Waals surface area contributed by atoms with Crippen molar-refractivity contribution in [1.82, 2.24) is 0 Å². The third-order valence-electron chi connectivity index (χ3n) is 3.01. The van der Waals surface area contributed by atoms with E-state index in [1.54, 1.807) is 18.2 Å². The van der Waals surface area contributed by atoms with Crippen LogP contribution < -0.4 is 10.1 Å². The van der Waals surface area contributed by atoms with Gasteiger partial charge in [0.2, 0.25) is 0 Å². The quantitative estimate of drug-likeness (QED) is 0.792. The van der Waals surface area contributed by atoms with E-state index >= 15 is 0 Å². The Balaban J connectivity index is 1.83. The first-order valence-corrected chi connectivity index (χ1v) is 6.04. The highest BCUT2D eigenvalue weighted by molar-refractivity contribution is 6.02. The Morgan fingerprint density at radius 3 is 3.00 bits per heavy atom. The molecule has 0 bridgehead atoms. The van der Waals surface area contributed by atoms with Gasteiger partial charge in [-0.3, -0.25) is 9.59 Å². The van der Waals surface area contributed by atoms with E-state index < -0.39 is 6.10 Å². The van der Waals surface area contributed by atoms with Crippen LogP contribution in [0, 0.1) is 0 Å². The lowest BCUT2D eigenvalue weighted by Gasteiger charge is -2.23. The molecule has 2 aliphatic heterocycles. The van der Waals surface area contributed by atoms with Gasteiger partial charge >= 0.3 is 0 Å². The number of nitrogens with one attached hydrogen (secondary N) is 1. The van der Waals surface area contributed by atoms with Crippen molar-refractivity contribution in [2.45, 2.75) is 6.10 Å². The largest absolute Gasteiger partial charge is 0.482 e. The number of hydrogen-bond donors (Lipinski definition) is 1. The molecule has 6 nitrogen and oxygen atoms in total. The van der Waals surface area contributed by atoms with Gasteiger partial charge in [-0.2, -0.15) is 0 Å². The summed E-state index contributed by atoms with van der Waals surface area (Å²) in [6.07, 6.45) is -0.577. The molecule has 2 aliphatic rings. The Kier molecular flexibility index (Phi) is 3.18. The van der Waals surface area contributed by atoms with E-state index in [-0.39, 0.29) is 24.9 Å². The molecule has 100 valence electrons. The van der Waals surface area contributed by atoms with Gasteiger partial charge in [0.25, 0.3) is 5.91 Å². The number of hydrogen-bond acceptors (Lipinski definition) is 5. The third-order valence-corrected chi connectivity index (χ3v) is 3.01. The van der Waals surface area contributed by atoms with Crippen molar-refractivity contribution in [2.24, 2.45) is 0 Å². The molecule has 1 unspecified atom stereocenters. The first-order chi connectivity index (χ1) is 9.24. The number of carbonyl (C=O) groups is 2. The van der Waals surface area contributed by atoms with Gasteiger partial charge in [-0.15, -0.1) is 0 Å². The summed E-state index contributed by atoms with van der Waals surface area (Å²) in [5, 5.41) is 2.67. The Hall–Kier alpha value is -1.92. The van der Waals surface area contributed by atoms with E-state index in [0.29, 0.717) is 30.2 Å². The van der Waals surface area contributed by atoms with Gasteiger partial charge in [-0.1, -0.05) is 0 Å². The van der Waals surface area contributed by atoms with Gasteiger partial charge in [-0.25, -0.2) is 0 Å². The minimum absolute atomic E-state index is 0.000130. The molecule has 1 atom stereocenters. The minimum Gasteiger partial charge on any atom is -0.482 e. The Labute approximate surface area is 109 Å². The van der Waals surface area contributed by atoms with Crippen LogP contribution >= 0.6 is 0 Å². The van der Waals surface area contributed by atoms with Crippen molar-refractivity contribution in [2.75, 3.05) is 31.7 Å². The predicted molar refractivity (Wildman–Crippen MR) is 65.5 cm³/mol. The van der Waals surface area contributed by atoms with Crippen molar-refractivity contribution in [3.05, 3.63) is 23.8 Å². The predicted octanol–water partition coefficient (Wildman–Crippen LogP) is 0.616. The molecule has 6 heteroatoms. The molecule has 19 heavy (non-hydrogen) atoms. The smallest absolute Gasteiger partial charge is 0.262 e. The van der Waals surface area contributed by atoms with Crippen molar-refractivity contribution < 1.29 is 23.8 Å². The molecular formula is C13H13NO5. The number of ether oxygens (including phenoxy) is 3. The van der Waals surface area contributed by atoms with Gasteiger partial charge in [0.15, 0.2) is 12.4 Å². The van der Waals surface area contributed by atoms with E-state index in [0.717, 1.165) is 0 Å². The minimum atomic E-state index is -0.577. The van der Waals surface area contributed by atoms with Crippen LogP contribution in [0.2, 0.25) is 0 Å². The maximum absolute atomic E-state index is 12.2. The number of benzene rings is 1. The van der Waals surface area contributed by atoms with Crippen LogP contribution in [-0.2, 0) is 14.3 Å². The highest BCUT2D eigenvalue weighted by Gasteiger charge is 2.25. The molecule has 3 rings (SSSR count). The fourth-order valence-electron chi connectivity index (χ4n) is 2.06. The van der Waals surface area contributed by atoms with Crippen LogP contribution in [0.5, 0.6) is 5.75 Å². The molecule has 0 saturated carbocycles. The molecule has 2 heterocycles. The zero-order valence-corrected chi connectivity index (χ0v) is 10.2. The lowest BCUT2D eigenvalue weighted by atomic mass is 10.0. The average molecular weight is 263 g/mol. The summed E-state index contributed by atoms with van der Waals surface area (Å²) < 4.78 is 15.8. The second-order valence-electron chi connectivity index (χ2n) is 4.35. The number of fused-ring (bicyclic) bond motifs is 1. The molecule has 0 spiro atoms. The molecule has 0 aliphatic carbocycles. The average Bonchev–Trinajstić information content (AvgIpc) is 2.46. The first-order valence-electron chi connectivity index (χ1n) is 6.04. The third kappa shape index (κ3) is 2.45. The van der Waals surface area contributed by atoms with E-state index in [4.69, 9.17) is 14.2 Å². The zero-order valence-electron chi connectivity index (χ0n) is 10.2. The number of ketones is 1. The standard InChI is InChI=1S/C13H13NO5/c15-12-7-19-10-2-1-8(5-9(10)14-12)13(16)11-6-17-3-4-18-11/h1-2,5,11H,3-4,6-7H2,(H,14,15). The molecule has 1 aromatic rings. The highest BCUT2D eigenvalue weighted by Crippen LogP contribution is 2.29. The van der Waals surface area contributed by atoms with Gasteiger partial charge < -0.3 is 19.5 Å². The van der Waals surface area contributed by atoms with Crippen molar-refractivity contribution >= 4 is 17.4 Å². The van der Waals surface area contributed by atoms with Gasteiger partial charge in [0.05, 0.1) is 25.5 Å². The van der Waals surface area contributed by atoms with Crippen molar-refractivity contribution in [1.29, 1.82) is 0 Å². The van der Waals surface area contributed by atoms with Crippen molar-refractivity contribution in [3.63, 3.8) is 0 Å². The van der Waals surface area contributed by atoms with Gasteiger partial charge in [-0.05, 0) is 18.2 Å². The molecule has 1 aromatic carbocycles. The Morgan fingerprint density at radius 1 is 1.32 bits per heavy atom. The Morgan fingerprint density at radius 2 is 2.21 bits per heavy atom. The highest BCUT2D eigenvalue weighted by atomic mass is 16.6. The monoisotopic (exact) mass is 263 g/mol. The Bertz CT molecular complexity index is 522. The van der Waals surface area contributed by atoms with Crippen LogP contribution in [0.25, 0.3) is 0 Å². The van der Waals surface area contributed by atoms with E-state index in [9.17, 15) is 9.59 Å². The molecule has 1 saturated heterocycles. The van der Waals surface area contributed by atoms with Crippen molar-refractivity contribution in [3.8, 4) is 5.75 Å². The number of anilines is 1. The second-order valence-corrected chi connectivity index (χ2v) is 4.35. The molecule has 1 amide bonds. The van der Waals surface area contributed by atoms with E-state index in [2.05, 4.69) is 5.32 Å². The summed E-state index contributed by atoms with van der Waals surface area (Å²) in [4.78, 5) is 23.5. The summed E-state index contributed by atoms with van der Waals surface area (Å²) in [5.74, 6) is 0.189. The van der Waals surface area contributed by atoms with Gasteiger partial charge in [0, 0.05) is 5.56 Å². The molecular weight excluding hydrogens is 250 g/mol. The lowest BCUT2D eigenvalue weighted by Crippen LogP contribution is -2.35. The number of amides is 1. The normalized spacial score (nSPS) is 22.1. The number of rotatable bonds is 2. The maximum Gasteiger partial charge on any atom is 0.262 e. The van der Waals surface area contributed by atoms with Crippen LogP contribution in [0.3, 0.4) is 0 Å². The summed E-state index contributed by atoms with van der Waals surface area (Å²) in [7, 11) is 0. The SMILES string of the molecule is O=C1COc2ccc(C(=O)C3COCCO3)cc2N1. The zero-order chi connectivity index (χ0) is 13.2. The fourth-order valence-corrected chi connectivity index (χ4v) is 2.06. The topological polar surface area (TPSA) is 73.9 Å². The second kappa shape index (κ2) is 4.99. The van der Waals surface area contributed by atoms with Crippen LogP contribution in [0.4, 0.5) is 5.69 Å². The van der Waals surface area contributed by atoms with E-state index in [1.165, 1.54) is 0 Å². The van der Waals surface area contributed by atoms with Gasteiger partial charge in [0.1, 0.15) is 11.9 Å². The first kappa shape index (κ1) is 12.1. The fraction of sp³-hybridized carbons (Fsp3) is 0.385. The molecule has 1 N–H and O–H groups in total. The summed E-state index contributed by atoms with van der Waals surface area (Å²) >= 11 is 0. The summed E-state index contributed by atoms with van der Waals surface area (Å²) in [6, 6.07) is 4.94. The van der Waals surface area contributed by atoms with Crippen LogP contribution in [0.15, 0.2) is 18.2 Å². The summed E-state index contributed by atoms with van der Waals surface area (Å²) in [6.45, 7) is 1.19. The maximum atomic E-state index is 12.2. The molecule has 0 aromatic heterocycles. The molecule has 0 radical (unpaired) electrons. The summed E-state index contributed by atoms with van der Waals surface area (Å²) in [5.41, 5.74) is 0.985.